The van der Waals surface area contributed by atoms with Crippen molar-refractivity contribution in [3.05, 3.63) is 48.1 Å². The van der Waals surface area contributed by atoms with Crippen molar-refractivity contribution < 1.29 is 4.39 Å². The molecule has 1 heterocycles. The predicted octanol–water partition coefficient (Wildman–Crippen LogP) is 3.20. The molecule has 13 heavy (non-hydrogen) atoms. The molecule has 68 valence electrons. The summed E-state index contributed by atoms with van der Waals surface area (Å²) in [7, 11) is 0. The Morgan fingerprint density at radius 2 is 2.23 bits per heavy atom. The SMILES string of the molecule is C/C=C\C(=C/C)c1ccncc1F. The van der Waals surface area contributed by atoms with Crippen molar-refractivity contribution in [2.24, 2.45) is 0 Å². The number of aromatic nitrogens is 1. The number of halogens is 1. The molecule has 0 aliphatic rings. The predicted molar refractivity (Wildman–Crippen MR) is 52.7 cm³/mol. The lowest BCUT2D eigenvalue weighted by molar-refractivity contribution is 0.618. The molecule has 0 aliphatic heterocycles. The molecule has 2 heteroatoms. The Morgan fingerprint density at radius 3 is 2.77 bits per heavy atom. The molecule has 0 saturated carbocycles. The molecule has 0 aliphatic carbocycles. The maximum absolute atomic E-state index is 13.2. The van der Waals surface area contributed by atoms with Crippen LogP contribution in [0.15, 0.2) is 36.7 Å². The van der Waals surface area contributed by atoms with E-state index in [1.165, 1.54) is 6.20 Å². The highest BCUT2D eigenvalue weighted by atomic mass is 19.1. The second-order valence-electron chi connectivity index (χ2n) is 2.60. The van der Waals surface area contributed by atoms with Gasteiger partial charge in [-0.05, 0) is 25.5 Å². The highest BCUT2D eigenvalue weighted by Crippen LogP contribution is 2.17. The summed E-state index contributed by atoms with van der Waals surface area (Å²) >= 11 is 0. The summed E-state index contributed by atoms with van der Waals surface area (Å²) in [5, 5.41) is 0. The fourth-order valence-electron chi connectivity index (χ4n) is 1.13. The number of allylic oxidation sites excluding steroid dienone is 4. The van der Waals surface area contributed by atoms with Gasteiger partial charge in [0.1, 0.15) is 5.82 Å². The minimum Gasteiger partial charge on any atom is -0.262 e. The first-order valence-electron chi connectivity index (χ1n) is 4.18. The summed E-state index contributed by atoms with van der Waals surface area (Å²) in [6.45, 7) is 3.79. The van der Waals surface area contributed by atoms with Gasteiger partial charge in [0.2, 0.25) is 0 Å². The molecule has 0 unspecified atom stereocenters. The lowest BCUT2D eigenvalue weighted by Crippen LogP contribution is -1.88. The Balaban J connectivity index is 3.13. The van der Waals surface area contributed by atoms with E-state index in [4.69, 9.17) is 0 Å². The van der Waals surface area contributed by atoms with Gasteiger partial charge in [-0.1, -0.05) is 18.2 Å². The standard InChI is InChI=1S/C11H12FN/c1-3-5-9(4-2)10-6-7-13-8-11(10)12/h3-8H,1-2H3/b5-3-,9-4+. The number of rotatable bonds is 2. The van der Waals surface area contributed by atoms with Crippen molar-refractivity contribution in [3.8, 4) is 0 Å². The van der Waals surface area contributed by atoms with Crippen LogP contribution in [0.2, 0.25) is 0 Å². The first-order valence-corrected chi connectivity index (χ1v) is 4.18. The zero-order valence-corrected chi connectivity index (χ0v) is 7.79. The van der Waals surface area contributed by atoms with Gasteiger partial charge in [-0.15, -0.1) is 0 Å². The van der Waals surface area contributed by atoms with Crippen LogP contribution >= 0.6 is 0 Å². The van der Waals surface area contributed by atoms with E-state index in [1.807, 2.05) is 32.1 Å². The Morgan fingerprint density at radius 1 is 1.46 bits per heavy atom. The highest BCUT2D eigenvalue weighted by molar-refractivity contribution is 5.73. The van der Waals surface area contributed by atoms with Gasteiger partial charge in [-0.2, -0.15) is 0 Å². The van der Waals surface area contributed by atoms with Crippen LogP contribution in [-0.2, 0) is 0 Å². The molecule has 0 amide bonds. The van der Waals surface area contributed by atoms with Crippen molar-refractivity contribution in [1.29, 1.82) is 0 Å². The van der Waals surface area contributed by atoms with Crippen LogP contribution in [0.3, 0.4) is 0 Å². The quantitative estimate of drug-likeness (QED) is 0.632. The minimum absolute atomic E-state index is 0.284. The second-order valence-corrected chi connectivity index (χ2v) is 2.60. The van der Waals surface area contributed by atoms with Crippen molar-refractivity contribution in [2.75, 3.05) is 0 Å². The van der Waals surface area contributed by atoms with Gasteiger partial charge >= 0.3 is 0 Å². The first-order chi connectivity index (χ1) is 6.29. The summed E-state index contributed by atoms with van der Waals surface area (Å²) in [4.78, 5) is 3.70. The van der Waals surface area contributed by atoms with E-state index in [1.54, 1.807) is 12.3 Å². The Labute approximate surface area is 77.6 Å². The van der Waals surface area contributed by atoms with E-state index in [2.05, 4.69) is 4.98 Å². The minimum atomic E-state index is -0.284. The molecule has 0 saturated heterocycles. The molecule has 1 rings (SSSR count). The van der Waals surface area contributed by atoms with Gasteiger partial charge in [0.25, 0.3) is 0 Å². The summed E-state index contributed by atoms with van der Waals surface area (Å²) < 4.78 is 13.2. The van der Waals surface area contributed by atoms with E-state index in [0.717, 1.165) is 5.57 Å². The summed E-state index contributed by atoms with van der Waals surface area (Å²) in [6, 6.07) is 1.67. The third-order valence-electron chi connectivity index (χ3n) is 1.74. The highest BCUT2D eigenvalue weighted by Gasteiger charge is 2.02. The fourth-order valence-corrected chi connectivity index (χ4v) is 1.13. The summed E-state index contributed by atoms with van der Waals surface area (Å²) in [5.41, 5.74) is 1.47. The van der Waals surface area contributed by atoms with Crippen molar-refractivity contribution in [2.45, 2.75) is 13.8 Å². The van der Waals surface area contributed by atoms with Crippen LogP contribution in [0.4, 0.5) is 4.39 Å². The smallest absolute Gasteiger partial charge is 0.149 e. The van der Waals surface area contributed by atoms with Gasteiger partial charge in [-0.25, -0.2) is 4.39 Å². The van der Waals surface area contributed by atoms with Crippen LogP contribution in [0, 0.1) is 5.82 Å². The van der Waals surface area contributed by atoms with Crippen LogP contribution in [0.5, 0.6) is 0 Å². The average Bonchev–Trinajstić information content (AvgIpc) is 2.16. The van der Waals surface area contributed by atoms with Crippen molar-refractivity contribution >= 4 is 5.57 Å². The molecule has 0 atom stereocenters. The molecule has 0 bridgehead atoms. The second kappa shape index (κ2) is 4.55. The van der Waals surface area contributed by atoms with Crippen molar-refractivity contribution in [3.63, 3.8) is 0 Å². The topological polar surface area (TPSA) is 12.9 Å². The molecule has 0 aromatic carbocycles. The van der Waals surface area contributed by atoms with Crippen LogP contribution in [0.1, 0.15) is 19.4 Å². The molecule has 0 spiro atoms. The molecular weight excluding hydrogens is 165 g/mol. The monoisotopic (exact) mass is 177 g/mol. The van der Waals surface area contributed by atoms with E-state index in [9.17, 15) is 4.39 Å². The van der Waals surface area contributed by atoms with Gasteiger partial charge in [-0.3, -0.25) is 4.98 Å². The van der Waals surface area contributed by atoms with E-state index in [-0.39, 0.29) is 5.82 Å². The number of nitrogens with zero attached hydrogens (tertiary/aromatic N) is 1. The largest absolute Gasteiger partial charge is 0.262 e. The molecule has 0 N–H and O–H groups in total. The molecule has 1 aromatic rings. The number of pyridine rings is 1. The summed E-state index contributed by atoms with van der Waals surface area (Å²) in [6.07, 6.45) is 8.44. The molecule has 1 aromatic heterocycles. The molecule has 0 radical (unpaired) electrons. The van der Waals surface area contributed by atoms with Gasteiger partial charge in [0, 0.05) is 11.8 Å². The van der Waals surface area contributed by atoms with Crippen molar-refractivity contribution in [1.82, 2.24) is 4.98 Å². The third kappa shape index (κ3) is 2.25. The zero-order chi connectivity index (χ0) is 9.68. The number of hydrogen-bond acceptors (Lipinski definition) is 1. The Bertz CT molecular complexity index is 340. The van der Waals surface area contributed by atoms with Gasteiger partial charge in [0.15, 0.2) is 0 Å². The van der Waals surface area contributed by atoms with Gasteiger partial charge < -0.3 is 0 Å². The van der Waals surface area contributed by atoms with Crippen LogP contribution in [-0.4, -0.2) is 4.98 Å². The van der Waals surface area contributed by atoms with Crippen LogP contribution < -0.4 is 0 Å². The lowest BCUT2D eigenvalue weighted by Gasteiger charge is -2.01. The fraction of sp³-hybridized carbons (Fsp3) is 0.182. The normalized spacial score (nSPS) is 12.4. The van der Waals surface area contributed by atoms with Crippen LogP contribution in [0.25, 0.3) is 5.57 Å². The summed E-state index contributed by atoms with van der Waals surface area (Å²) in [5.74, 6) is -0.284. The molecular formula is C11H12FN. The Kier molecular flexibility index (Phi) is 3.38. The zero-order valence-electron chi connectivity index (χ0n) is 7.79. The maximum Gasteiger partial charge on any atom is 0.149 e. The lowest BCUT2D eigenvalue weighted by atomic mass is 10.1. The maximum atomic E-state index is 13.2. The van der Waals surface area contributed by atoms with E-state index in [0.29, 0.717) is 5.56 Å². The average molecular weight is 177 g/mol. The Hall–Kier alpha value is -1.44. The van der Waals surface area contributed by atoms with Gasteiger partial charge in [0.05, 0.1) is 6.20 Å². The molecule has 1 nitrogen and oxygen atoms in total. The third-order valence-corrected chi connectivity index (χ3v) is 1.74. The molecule has 0 fully saturated rings. The van der Waals surface area contributed by atoms with E-state index >= 15 is 0 Å². The number of hydrogen-bond donors (Lipinski definition) is 0. The van der Waals surface area contributed by atoms with E-state index < -0.39 is 0 Å². The first kappa shape index (κ1) is 9.65.